The summed E-state index contributed by atoms with van der Waals surface area (Å²) in [4.78, 5) is 28.2. The van der Waals surface area contributed by atoms with Gasteiger partial charge in [0.2, 0.25) is 0 Å². The van der Waals surface area contributed by atoms with Crippen molar-refractivity contribution in [1.29, 1.82) is 0 Å². The number of carboxylic acid groups (broad SMARTS) is 1. The Morgan fingerprint density at radius 3 is 2.06 bits per heavy atom. The number of hydrogen-bond donors (Lipinski definition) is 3. The third-order valence-electron chi connectivity index (χ3n) is 2.04. The molecule has 0 heterocycles. The molecule has 94 valence electrons. The minimum Gasteiger partial charge on any atom is -0.481 e. The molecule has 1 rings (SSSR count). The average molecular weight is 266 g/mol. The number of aliphatic carboxylic acids is 1. The number of carboxylic acids is 1. The zero-order chi connectivity index (χ0) is 13.2. The smallest absolute Gasteiger partial charge is 0.340 e. The summed E-state index contributed by atoms with van der Waals surface area (Å²) in [6.45, 7) is 0. The maximum atomic E-state index is 12.8. The lowest BCUT2D eigenvalue weighted by Gasteiger charge is -2.13. The topological polar surface area (TPSA) is 94.8 Å². The number of carbonyl (C=O) groups is 1. The summed E-state index contributed by atoms with van der Waals surface area (Å²) in [5.41, 5.74) is -2.14. The Labute approximate surface area is 94.9 Å². The third-order valence-corrected chi connectivity index (χ3v) is 3.26. The van der Waals surface area contributed by atoms with Crippen molar-refractivity contribution in [2.75, 3.05) is 0 Å². The standard InChI is InChI=1S/C9H9F2O5P/c10-6-1-5(2-7(11)4-6)3-8(9(12)13)17(14,15)16/h1-2,4,8H,3H2,(H,12,13)(H2,14,15,16). The molecule has 3 N–H and O–H groups in total. The molecule has 0 amide bonds. The molecule has 0 radical (unpaired) electrons. The molecule has 1 aromatic rings. The molecular weight excluding hydrogens is 257 g/mol. The van der Waals surface area contributed by atoms with Crippen LogP contribution in [0.3, 0.4) is 0 Å². The molecule has 0 bridgehead atoms. The summed E-state index contributed by atoms with van der Waals surface area (Å²) in [5.74, 6) is -3.59. The van der Waals surface area contributed by atoms with Crippen LogP contribution in [-0.2, 0) is 15.8 Å². The monoisotopic (exact) mass is 266 g/mol. The summed E-state index contributed by atoms with van der Waals surface area (Å²) in [6.07, 6.45) is -0.645. The number of hydrogen-bond acceptors (Lipinski definition) is 2. The van der Waals surface area contributed by atoms with Crippen molar-refractivity contribution in [3.63, 3.8) is 0 Å². The van der Waals surface area contributed by atoms with Gasteiger partial charge < -0.3 is 14.9 Å². The van der Waals surface area contributed by atoms with Gasteiger partial charge in [0.25, 0.3) is 0 Å². The van der Waals surface area contributed by atoms with Crippen molar-refractivity contribution in [3.05, 3.63) is 35.4 Å². The van der Waals surface area contributed by atoms with E-state index in [9.17, 15) is 18.1 Å². The lowest BCUT2D eigenvalue weighted by atomic mass is 10.1. The first-order chi connectivity index (χ1) is 7.70. The quantitative estimate of drug-likeness (QED) is 0.710. The molecule has 0 saturated heterocycles. The van der Waals surface area contributed by atoms with Gasteiger partial charge in [0.1, 0.15) is 11.6 Å². The highest BCUT2D eigenvalue weighted by molar-refractivity contribution is 7.53. The molecule has 1 aromatic carbocycles. The van der Waals surface area contributed by atoms with Gasteiger partial charge in [-0.25, -0.2) is 8.78 Å². The Kier molecular flexibility index (Phi) is 3.98. The molecule has 1 atom stereocenters. The van der Waals surface area contributed by atoms with E-state index in [1.54, 1.807) is 0 Å². The summed E-state index contributed by atoms with van der Waals surface area (Å²) < 4.78 is 36.5. The van der Waals surface area contributed by atoms with Crippen LogP contribution in [0.1, 0.15) is 5.56 Å². The van der Waals surface area contributed by atoms with Gasteiger partial charge in [-0.1, -0.05) is 0 Å². The molecule has 1 unspecified atom stereocenters. The van der Waals surface area contributed by atoms with Crippen LogP contribution < -0.4 is 0 Å². The predicted octanol–water partition coefficient (Wildman–Crippen LogP) is 1.14. The molecule has 0 aliphatic carbocycles. The second-order valence-corrected chi connectivity index (χ2v) is 5.23. The molecule has 0 aromatic heterocycles. The van der Waals surface area contributed by atoms with Crippen molar-refractivity contribution in [3.8, 4) is 0 Å². The van der Waals surface area contributed by atoms with Crippen LogP contribution in [0.25, 0.3) is 0 Å². The average Bonchev–Trinajstić information content (AvgIpc) is 2.10. The zero-order valence-corrected chi connectivity index (χ0v) is 9.27. The van der Waals surface area contributed by atoms with Crippen molar-refractivity contribution in [2.24, 2.45) is 0 Å². The maximum absolute atomic E-state index is 12.8. The first-order valence-electron chi connectivity index (χ1n) is 4.43. The third kappa shape index (κ3) is 3.89. The van der Waals surface area contributed by atoms with Crippen LogP contribution >= 0.6 is 7.60 Å². The fraction of sp³-hybridized carbons (Fsp3) is 0.222. The molecule has 0 fully saturated rings. The second kappa shape index (κ2) is 4.91. The van der Waals surface area contributed by atoms with Crippen molar-refractivity contribution >= 4 is 13.6 Å². The van der Waals surface area contributed by atoms with Crippen molar-refractivity contribution < 1.29 is 33.0 Å². The van der Waals surface area contributed by atoms with Crippen LogP contribution in [0.4, 0.5) is 8.78 Å². The highest BCUT2D eigenvalue weighted by Gasteiger charge is 2.35. The van der Waals surface area contributed by atoms with Gasteiger partial charge in [-0.3, -0.25) is 9.36 Å². The van der Waals surface area contributed by atoms with Gasteiger partial charge in [-0.2, -0.15) is 0 Å². The Bertz CT molecular complexity index is 464. The van der Waals surface area contributed by atoms with E-state index in [1.165, 1.54) is 0 Å². The zero-order valence-electron chi connectivity index (χ0n) is 8.38. The molecular formula is C9H9F2O5P. The van der Waals surface area contributed by atoms with Crippen LogP contribution in [0.2, 0.25) is 0 Å². The van der Waals surface area contributed by atoms with Gasteiger partial charge in [0.15, 0.2) is 5.66 Å². The lowest BCUT2D eigenvalue weighted by Crippen LogP contribution is -2.23. The molecule has 0 aliphatic heterocycles. The molecule has 0 aliphatic rings. The van der Waals surface area contributed by atoms with Gasteiger partial charge >= 0.3 is 13.6 Å². The van der Waals surface area contributed by atoms with Crippen molar-refractivity contribution in [1.82, 2.24) is 0 Å². The van der Waals surface area contributed by atoms with Gasteiger partial charge in [0, 0.05) is 6.07 Å². The van der Waals surface area contributed by atoms with E-state index in [-0.39, 0.29) is 5.56 Å². The number of benzene rings is 1. The first-order valence-corrected chi connectivity index (χ1v) is 6.11. The van der Waals surface area contributed by atoms with Crippen LogP contribution in [0.5, 0.6) is 0 Å². The fourth-order valence-corrected chi connectivity index (χ4v) is 2.04. The number of rotatable bonds is 4. The minimum absolute atomic E-state index is 0.127. The molecule has 0 saturated carbocycles. The largest absolute Gasteiger partial charge is 0.481 e. The maximum Gasteiger partial charge on any atom is 0.340 e. The van der Waals surface area contributed by atoms with Gasteiger partial charge in [0.05, 0.1) is 0 Å². The first kappa shape index (κ1) is 13.8. The van der Waals surface area contributed by atoms with Crippen molar-refractivity contribution in [2.45, 2.75) is 12.1 Å². The minimum atomic E-state index is -4.87. The van der Waals surface area contributed by atoms with E-state index in [1.807, 2.05) is 0 Å². The summed E-state index contributed by atoms with van der Waals surface area (Å²) >= 11 is 0. The SMILES string of the molecule is O=C(O)C(Cc1cc(F)cc(F)c1)P(=O)(O)O. The highest BCUT2D eigenvalue weighted by Crippen LogP contribution is 2.42. The normalized spacial score (nSPS) is 13.4. The predicted molar refractivity (Wildman–Crippen MR) is 53.5 cm³/mol. The lowest BCUT2D eigenvalue weighted by molar-refractivity contribution is -0.136. The number of halogens is 2. The van der Waals surface area contributed by atoms with E-state index in [4.69, 9.17) is 14.9 Å². The molecule has 5 nitrogen and oxygen atoms in total. The highest BCUT2D eigenvalue weighted by atomic mass is 31.2. The Balaban J connectivity index is 3.02. The van der Waals surface area contributed by atoms with E-state index in [0.29, 0.717) is 6.07 Å². The Morgan fingerprint density at radius 1 is 1.24 bits per heavy atom. The second-order valence-electron chi connectivity index (χ2n) is 3.42. The van der Waals surface area contributed by atoms with Crippen LogP contribution in [-0.4, -0.2) is 26.5 Å². The van der Waals surface area contributed by atoms with Gasteiger partial charge in [-0.15, -0.1) is 0 Å². The Hall–Kier alpha value is -1.30. The van der Waals surface area contributed by atoms with Crippen LogP contribution in [0.15, 0.2) is 18.2 Å². The van der Waals surface area contributed by atoms with Crippen LogP contribution in [0, 0.1) is 11.6 Å². The Morgan fingerprint density at radius 2 is 1.71 bits per heavy atom. The van der Waals surface area contributed by atoms with E-state index in [2.05, 4.69) is 0 Å². The molecule has 0 spiro atoms. The van der Waals surface area contributed by atoms with E-state index in [0.717, 1.165) is 12.1 Å². The molecule has 8 heteroatoms. The summed E-state index contributed by atoms with van der Waals surface area (Å²) in [5, 5.41) is 8.63. The fourth-order valence-electron chi connectivity index (χ4n) is 1.30. The summed E-state index contributed by atoms with van der Waals surface area (Å²) in [6, 6.07) is 2.24. The molecule has 17 heavy (non-hydrogen) atoms. The van der Waals surface area contributed by atoms with E-state index < -0.39 is 37.3 Å². The van der Waals surface area contributed by atoms with Gasteiger partial charge in [-0.05, 0) is 24.1 Å². The summed E-state index contributed by atoms with van der Waals surface area (Å²) in [7, 11) is -4.87. The van der Waals surface area contributed by atoms with E-state index >= 15 is 0 Å².